The molecule has 1 atom stereocenters. The minimum atomic E-state index is 0.242. The van der Waals surface area contributed by atoms with E-state index in [-0.39, 0.29) is 11.8 Å². The van der Waals surface area contributed by atoms with Gasteiger partial charge in [-0.15, -0.1) is 0 Å². The lowest BCUT2D eigenvalue weighted by Gasteiger charge is -2.26. The van der Waals surface area contributed by atoms with E-state index in [1.54, 1.807) is 0 Å². The van der Waals surface area contributed by atoms with Gasteiger partial charge in [0.1, 0.15) is 0 Å². The quantitative estimate of drug-likeness (QED) is 0.803. The van der Waals surface area contributed by atoms with Gasteiger partial charge in [0, 0.05) is 24.1 Å². The number of Topliss-reactive ketones (excluding diaryl/α,β-unsaturated/α-hetero) is 1. The number of hydrogen-bond acceptors (Lipinski definition) is 2. The molecule has 2 nitrogen and oxygen atoms in total. The van der Waals surface area contributed by atoms with Gasteiger partial charge in [-0.25, -0.2) is 0 Å². The zero-order valence-electron chi connectivity index (χ0n) is 11.2. The molecule has 1 aliphatic carbocycles. The maximum Gasteiger partial charge on any atom is 0.164 e. The lowest BCUT2D eigenvalue weighted by molar-refractivity contribution is 0.0968. The molecule has 1 saturated carbocycles. The average Bonchev–Trinajstić information content (AvgIpc) is 2.40. The first-order chi connectivity index (χ1) is 8.75. The zero-order valence-corrected chi connectivity index (χ0v) is 11.2. The van der Waals surface area contributed by atoms with Crippen LogP contribution in [-0.2, 0) is 0 Å². The van der Waals surface area contributed by atoms with Crippen molar-refractivity contribution in [3.63, 3.8) is 0 Å². The Kier molecular flexibility index (Phi) is 4.94. The van der Waals surface area contributed by atoms with Crippen molar-refractivity contribution in [3.05, 3.63) is 35.9 Å². The predicted octanol–water partition coefficient (Wildman–Crippen LogP) is 3.57. The van der Waals surface area contributed by atoms with Gasteiger partial charge in [-0.3, -0.25) is 4.79 Å². The molecule has 0 heterocycles. The third kappa shape index (κ3) is 3.95. The van der Waals surface area contributed by atoms with E-state index in [1.807, 2.05) is 30.3 Å². The normalized spacial score (nSPS) is 18.5. The third-order valence-corrected chi connectivity index (χ3v) is 3.71. The van der Waals surface area contributed by atoms with E-state index in [4.69, 9.17) is 0 Å². The van der Waals surface area contributed by atoms with Crippen LogP contribution in [0.2, 0.25) is 0 Å². The molecule has 18 heavy (non-hydrogen) atoms. The maximum atomic E-state index is 12.1. The van der Waals surface area contributed by atoms with Crippen molar-refractivity contribution in [1.82, 2.24) is 5.32 Å². The number of nitrogens with one attached hydrogen (secondary N) is 1. The van der Waals surface area contributed by atoms with Crippen LogP contribution in [0.5, 0.6) is 0 Å². The molecule has 1 aliphatic rings. The lowest BCUT2D eigenvalue weighted by Crippen LogP contribution is -2.38. The van der Waals surface area contributed by atoms with Gasteiger partial charge in [0.05, 0.1) is 0 Å². The fourth-order valence-electron chi connectivity index (χ4n) is 2.75. The van der Waals surface area contributed by atoms with Gasteiger partial charge in [0.25, 0.3) is 0 Å². The zero-order chi connectivity index (χ0) is 12.8. The van der Waals surface area contributed by atoms with Gasteiger partial charge in [-0.2, -0.15) is 0 Å². The van der Waals surface area contributed by atoms with Crippen LogP contribution in [0.3, 0.4) is 0 Å². The van der Waals surface area contributed by atoms with Gasteiger partial charge in [-0.05, 0) is 19.8 Å². The molecule has 2 heteroatoms. The Morgan fingerprint density at radius 1 is 1.22 bits per heavy atom. The average molecular weight is 245 g/mol. The van der Waals surface area contributed by atoms with E-state index < -0.39 is 0 Å². The molecule has 1 aromatic rings. The van der Waals surface area contributed by atoms with E-state index in [1.165, 1.54) is 32.1 Å². The van der Waals surface area contributed by atoms with Crippen molar-refractivity contribution < 1.29 is 4.79 Å². The third-order valence-electron chi connectivity index (χ3n) is 3.71. The molecule has 98 valence electrons. The molecule has 1 N–H and O–H groups in total. The molecule has 0 saturated heterocycles. The molecule has 1 aromatic carbocycles. The van der Waals surface area contributed by atoms with Crippen LogP contribution in [0.15, 0.2) is 30.3 Å². The van der Waals surface area contributed by atoms with Crippen molar-refractivity contribution in [2.24, 2.45) is 0 Å². The van der Waals surface area contributed by atoms with Crippen molar-refractivity contribution in [3.8, 4) is 0 Å². The first kappa shape index (κ1) is 13.3. The minimum absolute atomic E-state index is 0.242. The van der Waals surface area contributed by atoms with Crippen LogP contribution in [-0.4, -0.2) is 17.9 Å². The summed E-state index contributed by atoms with van der Waals surface area (Å²) in [7, 11) is 0. The predicted molar refractivity (Wildman–Crippen MR) is 74.9 cm³/mol. The summed E-state index contributed by atoms with van der Waals surface area (Å²) < 4.78 is 0. The monoisotopic (exact) mass is 245 g/mol. The topological polar surface area (TPSA) is 29.1 Å². The largest absolute Gasteiger partial charge is 0.311 e. The molecule has 1 fully saturated rings. The van der Waals surface area contributed by atoms with Gasteiger partial charge >= 0.3 is 0 Å². The highest BCUT2D eigenvalue weighted by Gasteiger charge is 2.17. The fraction of sp³-hybridized carbons (Fsp3) is 0.562. The highest BCUT2D eigenvalue weighted by molar-refractivity contribution is 5.96. The summed E-state index contributed by atoms with van der Waals surface area (Å²) in [5.41, 5.74) is 0.829. The summed E-state index contributed by atoms with van der Waals surface area (Å²) in [6.07, 6.45) is 7.16. The van der Waals surface area contributed by atoms with Crippen LogP contribution in [0, 0.1) is 0 Å². The summed E-state index contributed by atoms with van der Waals surface area (Å²) >= 11 is 0. The summed E-state index contributed by atoms with van der Waals surface area (Å²) in [6.45, 7) is 2.12. The summed E-state index contributed by atoms with van der Waals surface area (Å²) in [5, 5.41) is 3.60. The Hall–Kier alpha value is -1.15. The van der Waals surface area contributed by atoms with Crippen LogP contribution >= 0.6 is 0 Å². The number of hydrogen-bond donors (Lipinski definition) is 1. The standard InChI is InChI=1S/C16H23NO/c1-13(17-15-10-6-3-7-11-15)12-16(18)14-8-4-2-5-9-14/h2,4-5,8-9,13,15,17H,3,6-7,10-12H2,1H3. The highest BCUT2D eigenvalue weighted by atomic mass is 16.1. The van der Waals surface area contributed by atoms with E-state index >= 15 is 0 Å². The number of carbonyl (C=O) groups excluding carboxylic acids is 1. The van der Waals surface area contributed by atoms with E-state index in [0.29, 0.717) is 12.5 Å². The molecule has 1 unspecified atom stereocenters. The number of ketones is 1. The SMILES string of the molecule is CC(CC(=O)c1ccccc1)NC1CCCCC1. The molecular weight excluding hydrogens is 222 g/mol. The Bertz CT molecular complexity index is 368. The number of benzene rings is 1. The van der Waals surface area contributed by atoms with Crippen LogP contribution < -0.4 is 5.32 Å². The van der Waals surface area contributed by atoms with Crippen LogP contribution in [0.1, 0.15) is 55.8 Å². The lowest BCUT2D eigenvalue weighted by atomic mass is 9.94. The molecular formula is C16H23NO. The summed E-state index contributed by atoms with van der Waals surface area (Å²) in [6, 6.07) is 10.5. The van der Waals surface area contributed by atoms with Crippen molar-refractivity contribution >= 4 is 5.78 Å². The molecule has 0 aromatic heterocycles. The van der Waals surface area contributed by atoms with Gasteiger partial charge in [0.15, 0.2) is 5.78 Å². The summed E-state index contributed by atoms with van der Waals surface area (Å²) in [4.78, 5) is 12.1. The maximum absolute atomic E-state index is 12.1. The highest BCUT2D eigenvalue weighted by Crippen LogP contribution is 2.18. The molecule has 0 bridgehead atoms. The van der Waals surface area contributed by atoms with Crippen LogP contribution in [0.4, 0.5) is 0 Å². The minimum Gasteiger partial charge on any atom is -0.311 e. The molecule has 0 amide bonds. The van der Waals surface area contributed by atoms with Crippen molar-refractivity contribution in [2.75, 3.05) is 0 Å². The second kappa shape index (κ2) is 6.69. The smallest absolute Gasteiger partial charge is 0.164 e. The van der Waals surface area contributed by atoms with E-state index in [0.717, 1.165) is 5.56 Å². The van der Waals surface area contributed by atoms with E-state index in [2.05, 4.69) is 12.2 Å². The van der Waals surface area contributed by atoms with Crippen molar-refractivity contribution in [1.29, 1.82) is 0 Å². The fourth-order valence-corrected chi connectivity index (χ4v) is 2.75. The Balaban J connectivity index is 1.80. The Morgan fingerprint density at radius 3 is 2.56 bits per heavy atom. The Labute approximate surface area is 110 Å². The molecule has 0 spiro atoms. The van der Waals surface area contributed by atoms with E-state index in [9.17, 15) is 4.79 Å². The first-order valence-corrected chi connectivity index (χ1v) is 7.10. The summed E-state index contributed by atoms with van der Waals surface area (Å²) in [5.74, 6) is 0.242. The van der Waals surface area contributed by atoms with Gasteiger partial charge < -0.3 is 5.32 Å². The molecule has 0 radical (unpaired) electrons. The first-order valence-electron chi connectivity index (χ1n) is 7.10. The Morgan fingerprint density at radius 2 is 1.89 bits per heavy atom. The number of rotatable bonds is 5. The van der Waals surface area contributed by atoms with Crippen LogP contribution in [0.25, 0.3) is 0 Å². The second-order valence-electron chi connectivity index (χ2n) is 5.40. The second-order valence-corrected chi connectivity index (χ2v) is 5.40. The van der Waals surface area contributed by atoms with Crippen molar-refractivity contribution in [2.45, 2.75) is 57.5 Å². The van der Waals surface area contributed by atoms with Gasteiger partial charge in [0.2, 0.25) is 0 Å². The molecule has 0 aliphatic heterocycles. The molecule has 2 rings (SSSR count). The van der Waals surface area contributed by atoms with Gasteiger partial charge in [-0.1, -0.05) is 49.6 Å². The number of carbonyl (C=O) groups is 1.